The second kappa shape index (κ2) is 6.36. The highest BCUT2D eigenvalue weighted by Crippen LogP contribution is 2.13. The van der Waals surface area contributed by atoms with Gasteiger partial charge in [-0.05, 0) is 26.0 Å². The lowest BCUT2D eigenvalue weighted by molar-refractivity contribution is 0.132. The van der Waals surface area contributed by atoms with Crippen molar-refractivity contribution in [3.05, 3.63) is 30.1 Å². The molecule has 1 aromatic heterocycles. The molecule has 1 saturated heterocycles. The Morgan fingerprint density at radius 3 is 2.68 bits per heavy atom. The van der Waals surface area contributed by atoms with Gasteiger partial charge >= 0.3 is 6.03 Å². The first kappa shape index (κ1) is 14.8. The minimum atomic E-state index is 0.0402. The number of fused-ring (bicyclic) bond motifs is 1. The summed E-state index contributed by atoms with van der Waals surface area (Å²) >= 11 is 0. The Hall–Kier alpha value is -2.08. The zero-order chi connectivity index (χ0) is 15.5. The number of carbonyl (C=O) groups excluding carboxylic acids is 1. The van der Waals surface area contributed by atoms with Crippen LogP contribution >= 0.6 is 0 Å². The number of urea groups is 1. The highest BCUT2D eigenvalue weighted by Gasteiger charge is 2.21. The summed E-state index contributed by atoms with van der Waals surface area (Å²) in [6, 6.07) is 8.29. The van der Waals surface area contributed by atoms with Crippen molar-refractivity contribution in [1.29, 1.82) is 0 Å². The van der Waals surface area contributed by atoms with Gasteiger partial charge in [-0.1, -0.05) is 12.1 Å². The summed E-state index contributed by atoms with van der Waals surface area (Å²) in [5.74, 6) is 0.987. The number of piperazine rings is 1. The van der Waals surface area contributed by atoms with Crippen molar-refractivity contribution in [1.82, 2.24) is 25.1 Å². The molecule has 0 saturated carbocycles. The highest BCUT2D eigenvalue weighted by molar-refractivity contribution is 5.75. The number of hydrogen-bond donors (Lipinski definition) is 2. The van der Waals surface area contributed by atoms with Gasteiger partial charge in [-0.2, -0.15) is 0 Å². The molecule has 2 heterocycles. The van der Waals surface area contributed by atoms with E-state index < -0.39 is 0 Å². The van der Waals surface area contributed by atoms with Crippen LogP contribution in [0.1, 0.15) is 19.7 Å². The van der Waals surface area contributed by atoms with Gasteiger partial charge in [0.2, 0.25) is 0 Å². The van der Waals surface area contributed by atoms with E-state index in [1.165, 1.54) is 0 Å². The van der Waals surface area contributed by atoms with Crippen molar-refractivity contribution in [3.8, 4) is 0 Å². The third-order valence-electron chi connectivity index (χ3n) is 3.88. The second-order valence-electron chi connectivity index (χ2n) is 6.07. The number of carbonyl (C=O) groups is 1. The van der Waals surface area contributed by atoms with Crippen molar-refractivity contribution < 1.29 is 4.79 Å². The molecular formula is C16H23N5O. The number of nitrogens with zero attached hydrogens (tertiary/aromatic N) is 3. The van der Waals surface area contributed by atoms with E-state index in [1.54, 1.807) is 0 Å². The van der Waals surface area contributed by atoms with Crippen molar-refractivity contribution in [3.63, 3.8) is 0 Å². The Morgan fingerprint density at radius 2 is 2.00 bits per heavy atom. The fraction of sp³-hybridized carbons (Fsp3) is 0.500. The molecule has 0 spiro atoms. The number of rotatable bonds is 3. The van der Waals surface area contributed by atoms with Crippen LogP contribution in [0.5, 0.6) is 0 Å². The molecule has 0 radical (unpaired) electrons. The summed E-state index contributed by atoms with van der Waals surface area (Å²) in [6.07, 6.45) is 0. The van der Waals surface area contributed by atoms with Gasteiger partial charge < -0.3 is 15.2 Å². The fourth-order valence-electron chi connectivity index (χ4n) is 2.74. The quantitative estimate of drug-likeness (QED) is 0.908. The predicted molar refractivity (Wildman–Crippen MR) is 86.6 cm³/mol. The van der Waals surface area contributed by atoms with Gasteiger partial charge in [0.05, 0.1) is 17.6 Å². The number of benzene rings is 1. The van der Waals surface area contributed by atoms with Crippen LogP contribution in [-0.2, 0) is 6.54 Å². The normalized spacial score (nSPS) is 16.4. The molecule has 2 N–H and O–H groups in total. The summed E-state index contributed by atoms with van der Waals surface area (Å²) in [7, 11) is 0. The van der Waals surface area contributed by atoms with Crippen LogP contribution in [0.25, 0.3) is 11.0 Å². The summed E-state index contributed by atoms with van der Waals surface area (Å²) < 4.78 is 0. The van der Waals surface area contributed by atoms with Crippen LogP contribution in [0.15, 0.2) is 24.3 Å². The van der Waals surface area contributed by atoms with Crippen molar-refractivity contribution >= 4 is 17.1 Å². The van der Waals surface area contributed by atoms with Gasteiger partial charge in [0.15, 0.2) is 0 Å². The van der Waals surface area contributed by atoms with E-state index in [0.29, 0.717) is 0 Å². The van der Waals surface area contributed by atoms with E-state index in [1.807, 2.05) is 43.0 Å². The molecule has 6 heteroatoms. The van der Waals surface area contributed by atoms with Gasteiger partial charge in [0.25, 0.3) is 0 Å². The lowest BCUT2D eigenvalue weighted by Crippen LogP contribution is -2.52. The zero-order valence-electron chi connectivity index (χ0n) is 13.2. The number of aromatic nitrogens is 2. The van der Waals surface area contributed by atoms with E-state index in [-0.39, 0.29) is 12.1 Å². The molecule has 0 bridgehead atoms. The Morgan fingerprint density at radius 1 is 1.27 bits per heavy atom. The molecule has 22 heavy (non-hydrogen) atoms. The molecule has 2 aromatic rings. The van der Waals surface area contributed by atoms with Crippen LogP contribution in [-0.4, -0.2) is 58.0 Å². The minimum Gasteiger partial charge on any atom is -0.341 e. The summed E-state index contributed by atoms with van der Waals surface area (Å²) in [4.78, 5) is 24.2. The first-order valence-electron chi connectivity index (χ1n) is 7.83. The lowest BCUT2D eigenvalue weighted by Gasteiger charge is -2.34. The van der Waals surface area contributed by atoms with Crippen molar-refractivity contribution in [2.75, 3.05) is 26.2 Å². The molecule has 1 fully saturated rings. The smallest absolute Gasteiger partial charge is 0.317 e. The first-order valence-corrected chi connectivity index (χ1v) is 7.83. The molecule has 1 aliphatic heterocycles. The Kier molecular flexibility index (Phi) is 4.29. The third kappa shape index (κ3) is 3.39. The number of imidazole rings is 1. The first-order chi connectivity index (χ1) is 10.6. The van der Waals surface area contributed by atoms with Crippen LogP contribution in [0.4, 0.5) is 4.79 Å². The van der Waals surface area contributed by atoms with Gasteiger partial charge in [-0.3, -0.25) is 4.90 Å². The second-order valence-corrected chi connectivity index (χ2v) is 6.07. The number of para-hydroxylation sites is 2. The average molecular weight is 301 g/mol. The molecule has 3 rings (SSSR count). The van der Waals surface area contributed by atoms with Crippen LogP contribution in [0.2, 0.25) is 0 Å². The number of aromatic amines is 1. The number of hydrogen-bond acceptors (Lipinski definition) is 3. The molecular weight excluding hydrogens is 278 g/mol. The molecule has 0 unspecified atom stereocenters. The minimum absolute atomic E-state index is 0.0402. The molecule has 118 valence electrons. The summed E-state index contributed by atoms with van der Waals surface area (Å²) in [5.41, 5.74) is 2.08. The van der Waals surface area contributed by atoms with E-state index in [9.17, 15) is 4.79 Å². The van der Waals surface area contributed by atoms with Crippen LogP contribution in [0, 0.1) is 0 Å². The molecule has 1 aromatic carbocycles. The van der Waals surface area contributed by atoms with E-state index in [0.717, 1.165) is 49.6 Å². The topological polar surface area (TPSA) is 64.3 Å². The maximum Gasteiger partial charge on any atom is 0.317 e. The Bertz CT molecular complexity index is 610. The van der Waals surface area contributed by atoms with Gasteiger partial charge in [-0.15, -0.1) is 0 Å². The van der Waals surface area contributed by atoms with E-state index >= 15 is 0 Å². The van der Waals surface area contributed by atoms with Crippen molar-refractivity contribution in [2.45, 2.75) is 26.4 Å². The molecule has 0 atom stereocenters. The average Bonchev–Trinajstić information content (AvgIpc) is 2.89. The molecule has 2 amide bonds. The molecule has 0 aliphatic carbocycles. The molecule has 6 nitrogen and oxygen atoms in total. The number of nitrogens with one attached hydrogen (secondary N) is 2. The zero-order valence-corrected chi connectivity index (χ0v) is 13.2. The third-order valence-corrected chi connectivity index (χ3v) is 3.88. The maximum atomic E-state index is 12.0. The SMILES string of the molecule is CC(C)NC(=O)N1CCN(Cc2nc3ccccc3[nH]2)CC1. The maximum absolute atomic E-state index is 12.0. The van der Waals surface area contributed by atoms with Gasteiger partial charge in [-0.25, -0.2) is 9.78 Å². The Labute approximate surface area is 130 Å². The number of amides is 2. The predicted octanol–water partition coefficient (Wildman–Crippen LogP) is 1.80. The molecule has 1 aliphatic rings. The fourth-order valence-corrected chi connectivity index (χ4v) is 2.74. The highest BCUT2D eigenvalue weighted by atomic mass is 16.2. The summed E-state index contributed by atoms with van der Waals surface area (Å²) in [6.45, 7) is 8.04. The van der Waals surface area contributed by atoms with E-state index in [2.05, 4.69) is 20.2 Å². The van der Waals surface area contributed by atoms with Gasteiger partial charge in [0.1, 0.15) is 5.82 Å². The van der Waals surface area contributed by atoms with Crippen LogP contribution in [0.3, 0.4) is 0 Å². The van der Waals surface area contributed by atoms with Gasteiger partial charge in [0, 0.05) is 32.2 Å². The lowest BCUT2D eigenvalue weighted by atomic mass is 10.3. The van der Waals surface area contributed by atoms with Crippen molar-refractivity contribution in [2.24, 2.45) is 0 Å². The largest absolute Gasteiger partial charge is 0.341 e. The monoisotopic (exact) mass is 301 g/mol. The van der Waals surface area contributed by atoms with E-state index in [4.69, 9.17) is 0 Å². The standard InChI is InChI=1S/C16H23N5O/c1-12(2)17-16(22)21-9-7-20(8-10-21)11-15-18-13-5-3-4-6-14(13)19-15/h3-6,12H,7-11H2,1-2H3,(H,17,22)(H,18,19). The summed E-state index contributed by atoms with van der Waals surface area (Å²) in [5, 5.41) is 2.94. The Balaban J connectivity index is 1.54. The van der Waals surface area contributed by atoms with Crippen LogP contribution < -0.4 is 5.32 Å². The number of H-pyrrole nitrogens is 1.